The van der Waals surface area contributed by atoms with Crippen molar-refractivity contribution in [3.63, 3.8) is 0 Å². The first-order valence-electron chi connectivity index (χ1n) is 8.93. The van der Waals surface area contributed by atoms with E-state index in [2.05, 4.69) is 32.5 Å². The molecule has 3 N–H and O–H groups in total. The summed E-state index contributed by atoms with van der Waals surface area (Å²) in [5.41, 5.74) is 5.19. The summed E-state index contributed by atoms with van der Waals surface area (Å²) >= 11 is 6.58. The molecule has 1 saturated carbocycles. The number of hydrogen-bond acceptors (Lipinski definition) is 6. The van der Waals surface area contributed by atoms with Crippen LogP contribution in [0.1, 0.15) is 57.7 Å². The van der Waals surface area contributed by atoms with Crippen LogP contribution in [0.2, 0.25) is 0 Å². The molecule has 1 aromatic rings. The molecular weight excluding hydrogens is 370 g/mol. The normalized spacial score (nSPS) is 20.4. The first-order chi connectivity index (χ1) is 12.4. The third kappa shape index (κ3) is 5.63. The van der Waals surface area contributed by atoms with Crippen LogP contribution in [0.15, 0.2) is 5.10 Å². The molecule has 9 heteroatoms. The molecule has 1 aromatic heterocycles. The molecule has 1 amide bonds. The highest BCUT2D eigenvalue weighted by Gasteiger charge is 2.22. The maximum atomic E-state index is 11.7. The van der Waals surface area contributed by atoms with Gasteiger partial charge in [-0.25, -0.2) is 4.79 Å². The second-order valence-corrected chi connectivity index (χ2v) is 7.65. The highest BCUT2D eigenvalue weighted by atomic mass is 32.1. The maximum absolute atomic E-state index is 11.7. The number of ether oxygens (including phenoxy) is 1. The lowest BCUT2D eigenvalue weighted by Crippen LogP contribution is -2.44. The fraction of sp³-hybridized carbons (Fsp3) is 0.647. The minimum atomic E-state index is -0.498. The Morgan fingerprint density at radius 1 is 1.42 bits per heavy atom. The van der Waals surface area contributed by atoms with E-state index in [0.717, 1.165) is 17.7 Å². The van der Waals surface area contributed by atoms with E-state index >= 15 is 0 Å². The molecular formula is C17H27N5O2S2. The quantitative estimate of drug-likeness (QED) is 0.398. The van der Waals surface area contributed by atoms with Gasteiger partial charge in [-0.15, -0.1) is 0 Å². The SMILES string of the molecule is CCOC(=O)Nc1snc(C)c1/C(C)=N/NC(=S)N[C@@H]1CCCC[C@@H]1C. The summed E-state index contributed by atoms with van der Waals surface area (Å²) in [5, 5.41) is 11.6. The topological polar surface area (TPSA) is 87.6 Å². The van der Waals surface area contributed by atoms with E-state index < -0.39 is 6.09 Å². The number of thiocarbonyl (C=S) groups is 1. The zero-order valence-electron chi connectivity index (χ0n) is 15.7. The lowest BCUT2D eigenvalue weighted by molar-refractivity contribution is 0.168. The van der Waals surface area contributed by atoms with E-state index in [9.17, 15) is 4.79 Å². The smallest absolute Gasteiger partial charge is 0.412 e. The van der Waals surface area contributed by atoms with E-state index in [-0.39, 0.29) is 0 Å². The fourth-order valence-electron chi connectivity index (χ4n) is 3.06. The second-order valence-electron chi connectivity index (χ2n) is 6.47. The van der Waals surface area contributed by atoms with Crippen molar-refractivity contribution in [1.29, 1.82) is 0 Å². The second kappa shape index (κ2) is 9.82. The summed E-state index contributed by atoms with van der Waals surface area (Å²) in [6, 6.07) is 0.393. The third-order valence-electron chi connectivity index (χ3n) is 4.47. The van der Waals surface area contributed by atoms with Crippen LogP contribution in [0, 0.1) is 12.8 Å². The van der Waals surface area contributed by atoms with Gasteiger partial charge in [0.2, 0.25) is 0 Å². The van der Waals surface area contributed by atoms with Crippen LogP contribution in [-0.4, -0.2) is 33.9 Å². The molecule has 0 unspecified atom stereocenters. The zero-order chi connectivity index (χ0) is 19.1. The third-order valence-corrected chi connectivity index (χ3v) is 5.53. The number of hydrogen-bond donors (Lipinski definition) is 3. The first kappa shape index (κ1) is 20.6. The highest BCUT2D eigenvalue weighted by molar-refractivity contribution is 7.80. The molecule has 1 heterocycles. The monoisotopic (exact) mass is 397 g/mol. The average Bonchev–Trinajstić information content (AvgIpc) is 2.95. The van der Waals surface area contributed by atoms with Crippen LogP contribution in [-0.2, 0) is 4.74 Å². The number of amides is 1. The van der Waals surface area contributed by atoms with Crippen LogP contribution in [0.5, 0.6) is 0 Å². The van der Waals surface area contributed by atoms with E-state index in [4.69, 9.17) is 17.0 Å². The number of rotatable bonds is 5. The summed E-state index contributed by atoms with van der Waals surface area (Å²) < 4.78 is 9.22. The van der Waals surface area contributed by atoms with E-state index in [1.54, 1.807) is 6.92 Å². The molecule has 7 nitrogen and oxygen atoms in total. The molecule has 26 heavy (non-hydrogen) atoms. The number of hydrazone groups is 1. The molecule has 0 aromatic carbocycles. The Morgan fingerprint density at radius 2 is 2.15 bits per heavy atom. The van der Waals surface area contributed by atoms with Crippen LogP contribution < -0.4 is 16.1 Å². The predicted molar refractivity (Wildman–Crippen MR) is 110 cm³/mol. The van der Waals surface area contributed by atoms with Crippen molar-refractivity contribution < 1.29 is 9.53 Å². The van der Waals surface area contributed by atoms with Crippen molar-refractivity contribution in [2.45, 2.75) is 59.4 Å². The number of aryl methyl sites for hydroxylation is 1. The van der Waals surface area contributed by atoms with Gasteiger partial charge in [-0.2, -0.15) is 9.47 Å². The highest BCUT2D eigenvalue weighted by Crippen LogP contribution is 2.26. The standard InChI is InChI=1S/C17H27N5O2S2/c1-5-24-17(23)19-15-14(12(4)22-26-15)11(3)20-21-16(25)18-13-9-7-6-8-10(13)2/h10,13H,5-9H2,1-4H3,(H,19,23)(H2,18,21,25)/b20-11+/t10-,13+/m0/s1. The Morgan fingerprint density at radius 3 is 2.85 bits per heavy atom. The van der Waals surface area contributed by atoms with Gasteiger partial charge in [0, 0.05) is 6.04 Å². The van der Waals surface area contributed by atoms with Crippen molar-refractivity contribution in [3.8, 4) is 0 Å². The first-order valence-corrected chi connectivity index (χ1v) is 10.1. The largest absolute Gasteiger partial charge is 0.450 e. The number of carbonyl (C=O) groups excluding carboxylic acids is 1. The Balaban J connectivity index is 1.99. The average molecular weight is 398 g/mol. The van der Waals surface area contributed by atoms with Gasteiger partial charge in [-0.05, 0) is 63.3 Å². The van der Waals surface area contributed by atoms with Crippen LogP contribution >= 0.6 is 23.8 Å². The molecule has 2 rings (SSSR count). The van der Waals surface area contributed by atoms with Crippen molar-refractivity contribution >= 4 is 45.7 Å². The summed E-state index contributed by atoms with van der Waals surface area (Å²) in [6.45, 7) is 8.05. The Labute approximate surface area is 164 Å². The zero-order valence-corrected chi connectivity index (χ0v) is 17.4. The summed E-state index contributed by atoms with van der Waals surface area (Å²) in [5.74, 6) is 0.609. The van der Waals surface area contributed by atoms with E-state index in [1.165, 1.54) is 30.8 Å². The van der Waals surface area contributed by atoms with Gasteiger partial charge in [-0.3, -0.25) is 10.7 Å². The summed E-state index contributed by atoms with van der Waals surface area (Å²) in [7, 11) is 0. The van der Waals surface area contributed by atoms with Crippen molar-refractivity contribution in [2.24, 2.45) is 11.0 Å². The molecule has 1 fully saturated rings. The maximum Gasteiger partial charge on any atom is 0.412 e. The summed E-state index contributed by atoms with van der Waals surface area (Å²) in [4.78, 5) is 11.7. The minimum absolute atomic E-state index is 0.313. The van der Waals surface area contributed by atoms with Gasteiger partial charge in [0.1, 0.15) is 5.00 Å². The Hall–Kier alpha value is -1.74. The Kier molecular flexibility index (Phi) is 7.77. The molecule has 1 aliphatic carbocycles. The van der Waals surface area contributed by atoms with Gasteiger partial charge in [-0.1, -0.05) is 19.8 Å². The van der Waals surface area contributed by atoms with Crippen molar-refractivity contribution in [1.82, 2.24) is 15.1 Å². The number of nitrogens with zero attached hydrogens (tertiary/aromatic N) is 2. The van der Waals surface area contributed by atoms with Gasteiger partial charge >= 0.3 is 6.09 Å². The van der Waals surface area contributed by atoms with Crippen molar-refractivity contribution in [3.05, 3.63) is 11.3 Å². The molecule has 2 atom stereocenters. The van der Waals surface area contributed by atoms with Crippen LogP contribution in [0.25, 0.3) is 0 Å². The number of anilines is 1. The molecule has 0 saturated heterocycles. The molecule has 0 radical (unpaired) electrons. The van der Waals surface area contributed by atoms with Gasteiger partial charge in [0.05, 0.1) is 23.6 Å². The van der Waals surface area contributed by atoms with E-state index in [0.29, 0.717) is 34.4 Å². The minimum Gasteiger partial charge on any atom is -0.450 e. The molecule has 144 valence electrons. The molecule has 0 bridgehead atoms. The molecule has 1 aliphatic rings. The van der Waals surface area contributed by atoms with Crippen LogP contribution in [0.4, 0.5) is 9.80 Å². The lowest BCUT2D eigenvalue weighted by Gasteiger charge is -2.30. The van der Waals surface area contributed by atoms with Gasteiger partial charge in [0.25, 0.3) is 0 Å². The van der Waals surface area contributed by atoms with Gasteiger partial charge in [0.15, 0.2) is 5.11 Å². The number of nitrogens with one attached hydrogen (secondary N) is 3. The van der Waals surface area contributed by atoms with Crippen LogP contribution in [0.3, 0.4) is 0 Å². The number of carbonyl (C=O) groups is 1. The fourth-order valence-corrected chi connectivity index (χ4v) is 4.10. The Bertz CT molecular complexity index is 674. The van der Waals surface area contributed by atoms with Crippen molar-refractivity contribution in [2.75, 3.05) is 11.9 Å². The van der Waals surface area contributed by atoms with E-state index in [1.807, 2.05) is 13.8 Å². The van der Waals surface area contributed by atoms with Gasteiger partial charge < -0.3 is 10.1 Å². The molecule has 0 spiro atoms. The lowest BCUT2D eigenvalue weighted by atomic mass is 9.86. The predicted octanol–water partition coefficient (Wildman–Crippen LogP) is 3.79. The molecule has 0 aliphatic heterocycles. The number of aromatic nitrogens is 1. The summed E-state index contributed by atoms with van der Waals surface area (Å²) in [6.07, 6.45) is 4.38.